The van der Waals surface area contributed by atoms with Crippen molar-refractivity contribution in [1.29, 1.82) is 0 Å². The maximum atomic E-state index is 12.8. The molecule has 3 aromatic carbocycles. The number of amides is 1. The summed E-state index contributed by atoms with van der Waals surface area (Å²) < 4.78 is 28.1. The SMILES string of the molecule is CC(C)Cc1ccc(S(=O)(=O)NCc2ccc3c(c2)CCN3C(=O)c2ccccc2)cc1. The molecule has 1 aliphatic heterocycles. The number of anilines is 1. The minimum Gasteiger partial charge on any atom is -0.308 e. The summed E-state index contributed by atoms with van der Waals surface area (Å²) in [5.74, 6) is 0.507. The van der Waals surface area contributed by atoms with E-state index in [9.17, 15) is 13.2 Å². The van der Waals surface area contributed by atoms with Crippen LogP contribution in [0.15, 0.2) is 77.7 Å². The van der Waals surface area contributed by atoms with Gasteiger partial charge in [0.25, 0.3) is 5.91 Å². The molecule has 0 aliphatic carbocycles. The number of nitrogens with zero attached hydrogens (tertiary/aromatic N) is 1. The van der Waals surface area contributed by atoms with Crippen LogP contribution in [0, 0.1) is 5.92 Å². The van der Waals surface area contributed by atoms with Crippen molar-refractivity contribution in [2.75, 3.05) is 11.4 Å². The quantitative estimate of drug-likeness (QED) is 0.576. The number of hydrogen-bond donors (Lipinski definition) is 1. The molecule has 32 heavy (non-hydrogen) atoms. The van der Waals surface area contributed by atoms with E-state index in [2.05, 4.69) is 18.6 Å². The lowest BCUT2D eigenvalue weighted by atomic mass is 10.0. The Balaban J connectivity index is 1.43. The van der Waals surface area contributed by atoms with Crippen molar-refractivity contribution in [2.24, 2.45) is 5.92 Å². The summed E-state index contributed by atoms with van der Waals surface area (Å²) in [6.45, 7) is 5.11. The van der Waals surface area contributed by atoms with Gasteiger partial charge in [0, 0.05) is 24.3 Å². The molecule has 3 aromatic rings. The molecule has 1 aliphatic rings. The highest BCUT2D eigenvalue weighted by Gasteiger charge is 2.25. The van der Waals surface area contributed by atoms with Crippen molar-refractivity contribution in [1.82, 2.24) is 4.72 Å². The van der Waals surface area contributed by atoms with Crippen LogP contribution in [0.5, 0.6) is 0 Å². The third kappa shape index (κ3) is 4.92. The van der Waals surface area contributed by atoms with Crippen LogP contribution in [-0.4, -0.2) is 20.9 Å². The fourth-order valence-corrected chi connectivity index (χ4v) is 5.07. The average Bonchev–Trinajstić information content (AvgIpc) is 3.21. The van der Waals surface area contributed by atoms with Crippen molar-refractivity contribution >= 4 is 21.6 Å². The summed E-state index contributed by atoms with van der Waals surface area (Å²) in [5.41, 5.74) is 4.62. The summed E-state index contributed by atoms with van der Waals surface area (Å²) in [5, 5.41) is 0. The minimum atomic E-state index is -3.59. The number of benzene rings is 3. The second-order valence-corrected chi connectivity index (χ2v) is 10.4. The Hall–Kier alpha value is -2.96. The molecule has 0 aromatic heterocycles. The predicted octanol–water partition coefficient (Wildman–Crippen LogP) is 4.57. The Morgan fingerprint density at radius 1 is 0.969 bits per heavy atom. The van der Waals surface area contributed by atoms with Gasteiger partial charge >= 0.3 is 0 Å². The van der Waals surface area contributed by atoms with Gasteiger partial charge in [-0.1, -0.05) is 56.3 Å². The molecular weight excluding hydrogens is 420 g/mol. The minimum absolute atomic E-state index is 0.0151. The van der Waals surface area contributed by atoms with Gasteiger partial charge in [0.15, 0.2) is 0 Å². The molecule has 0 spiro atoms. The third-order valence-corrected chi connectivity index (χ3v) is 7.07. The van der Waals surface area contributed by atoms with Crippen molar-refractivity contribution in [3.05, 3.63) is 95.1 Å². The molecule has 5 nitrogen and oxygen atoms in total. The van der Waals surface area contributed by atoms with E-state index in [0.717, 1.165) is 35.2 Å². The topological polar surface area (TPSA) is 66.5 Å². The zero-order valence-corrected chi connectivity index (χ0v) is 19.2. The maximum Gasteiger partial charge on any atom is 0.258 e. The summed E-state index contributed by atoms with van der Waals surface area (Å²) in [6.07, 6.45) is 1.68. The molecule has 1 heterocycles. The normalized spacial score (nSPS) is 13.4. The molecule has 0 unspecified atom stereocenters. The molecule has 1 N–H and O–H groups in total. The standard InChI is InChI=1S/C26H28N2O3S/c1-19(2)16-20-8-11-24(12-9-20)32(30,31)27-18-21-10-13-25-23(17-21)14-15-28(25)26(29)22-6-4-3-5-7-22/h3-13,17,19,27H,14-16,18H2,1-2H3. The van der Waals surface area contributed by atoms with E-state index in [1.165, 1.54) is 0 Å². The molecular formula is C26H28N2O3S. The fraction of sp³-hybridized carbons (Fsp3) is 0.269. The predicted molar refractivity (Wildman–Crippen MR) is 127 cm³/mol. The van der Waals surface area contributed by atoms with Gasteiger partial charge in [0.2, 0.25) is 10.0 Å². The Bertz CT molecular complexity index is 1200. The van der Waals surface area contributed by atoms with Gasteiger partial charge in [0.1, 0.15) is 0 Å². The molecule has 0 radical (unpaired) electrons. The Kier molecular flexibility index (Phi) is 6.44. The number of nitrogens with one attached hydrogen (secondary N) is 1. The average molecular weight is 449 g/mol. The second kappa shape index (κ2) is 9.27. The highest BCUT2D eigenvalue weighted by Crippen LogP contribution is 2.30. The van der Waals surface area contributed by atoms with Gasteiger partial charge in [-0.25, -0.2) is 13.1 Å². The lowest BCUT2D eigenvalue weighted by Crippen LogP contribution is -2.28. The molecule has 0 saturated carbocycles. The molecule has 6 heteroatoms. The van der Waals surface area contributed by atoms with Crippen molar-refractivity contribution in [2.45, 2.75) is 38.1 Å². The maximum absolute atomic E-state index is 12.8. The molecule has 0 saturated heterocycles. The van der Waals surface area contributed by atoms with E-state index in [-0.39, 0.29) is 17.3 Å². The van der Waals surface area contributed by atoms with Crippen LogP contribution in [0.25, 0.3) is 0 Å². The van der Waals surface area contributed by atoms with Crippen LogP contribution in [-0.2, 0) is 29.4 Å². The number of fused-ring (bicyclic) bond motifs is 1. The van der Waals surface area contributed by atoms with Gasteiger partial charge < -0.3 is 4.90 Å². The van der Waals surface area contributed by atoms with Gasteiger partial charge in [-0.15, -0.1) is 0 Å². The lowest BCUT2D eigenvalue weighted by molar-refractivity contribution is 0.0989. The van der Waals surface area contributed by atoms with Crippen molar-refractivity contribution < 1.29 is 13.2 Å². The summed E-state index contributed by atoms with van der Waals surface area (Å²) >= 11 is 0. The van der Waals surface area contributed by atoms with Crippen molar-refractivity contribution in [3.63, 3.8) is 0 Å². The van der Waals surface area contributed by atoms with Crippen molar-refractivity contribution in [3.8, 4) is 0 Å². The van der Waals surface area contributed by atoms with E-state index in [1.807, 2.05) is 60.7 Å². The van der Waals surface area contributed by atoms with Crippen LogP contribution < -0.4 is 9.62 Å². The first-order valence-electron chi connectivity index (χ1n) is 10.9. The monoisotopic (exact) mass is 448 g/mol. The third-order valence-electron chi connectivity index (χ3n) is 5.65. The van der Waals surface area contributed by atoms with Crippen LogP contribution in [0.3, 0.4) is 0 Å². The summed E-state index contributed by atoms with van der Waals surface area (Å²) in [6, 6.07) is 22.1. The van der Waals surface area contributed by atoms with Gasteiger partial charge in [-0.3, -0.25) is 4.79 Å². The summed E-state index contributed by atoms with van der Waals surface area (Å²) in [7, 11) is -3.59. The van der Waals surface area contributed by atoms with E-state index in [0.29, 0.717) is 18.0 Å². The highest BCUT2D eigenvalue weighted by atomic mass is 32.2. The Morgan fingerprint density at radius 3 is 2.34 bits per heavy atom. The second-order valence-electron chi connectivity index (χ2n) is 8.60. The number of rotatable bonds is 7. The highest BCUT2D eigenvalue weighted by molar-refractivity contribution is 7.89. The largest absolute Gasteiger partial charge is 0.308 e. The summed E-state index contributed by atoms with van der Waals surface area (Å²) in [4.78, 5) is 14.9. The van der Waals surface area contributed by atoms with Crippen LogP contribution in [0.2, 0.25) is 0 Å². The van der Waals surface area contributed by atoms with E-state index >= 15 is 0 Å². The Morgan fingerprint density at radius 2 is 1.66 bits per heavy atom. The first-order chi connectivity index (χ1) is 15.3. The zero-order chi connectivity index (χ0) is 22.7. The van der Waals surface area contributed by atoms with Crippen LogP contribution in [0.4, 0.5) is 5.69 Å². The molecule has 0 atom stereocenters. The Labute approximate surface area is 190 Å². The van der Waals surface area contributed by atoms with Gasteiger partial charge in [-0.05, 0) is 65.8 Å². The fourth-order valence-electron chi connectivity index (χ4n) is 4.05. The van der Waals surface area contributed by atoms with E-state index < -0.39 is 10.0 Å². The number of carbonyl (C=O) groups is 1. The zero-order valence-electron chi connectivity index (χ0n) is 18.4. The molecule has 166 valence electrons. The molecule has 4 rings (SSSR count). The van der Waals surface area contributed by atoms with E-state index in [4.69, 9.17) is 0 Å². The van der Waals surface area contributed by atoms with Crippen LogP contribution in [0.1, 0.15) is 40.9 Å². The van der Waals surface area contributed by atoms with Gasteiger partial charge in [0.05, 0.1) is 4.90 Å². The lowest BCUT2D eigenvalue weighted by Gasteiger charge is -2.17. The van der Waals surface area contributed by atoms with E-state index in [1.54, 1.807) is 17.0 Å². The number of hydrogen-bond acceptors (Lipinski definition) is 3. The first-order valence-corrected chi connectivity index (χ1v) is 12.4. The number of sulfonamides is 1. The number of carbonyl (C=O) groups excluding carboxylic acids is 1. The van der Waals surface area contributed by atoms with Crippen LogP contribution >= 0.6 is 0 Å². The molecule has 1 amide bonds. The molecule has 0 fully saturated rings. The first kappa shape index (κ1) is 22.2. The van der Waals surface area contributed by atoms with Gasteiger partial charge in [-0.2, -0.15) is 0 Å². The molecule has 0 bridgehead atoms. The smallest absolute Gasteiger partial charge is 0.258 e.